The minimum atomic E-state index is -4.90. The standard InChI is InChI=1S/C21H15ClF4N4O4/c1-32-19(31)17-7-10-6-11(2-4-15(10)33-17)29-20-27-9-14(23)18(30-20)28-12-3-5-16(13(22)8-12)34-21(24,25)26/h2-6,8-9,17H,7H2,1H3,(H2,27,28,29,30). The Morgan fingerprint density at radius 3 is 2.62 bits per heavy atom. The van der Waals surface area contributed by atoms with Gasteiger partial charge in [0.05, 0.1) is 18.3 Å². The van der Waals surface area contributed by atoms with Gasteiger partial charge in [0.15, 0.2) is 17.7 Å². The third kappa shape index (κ3) is 5.39. The van der Waals surface area contributed by atoms with Crippen LogP contribution in [0.2, 0.25) is 5.02 Å². The Morgan fingerprint density at radius 1 is 1.18 bits per heavy atom. The van der Waals surface area contributed by atoms with Gasteiger partial charge in [-0.3, -0.25) is 0 Å². The van der Waals surface area contributed by atoms with Crippen molar-refractivity contribution in [2.75, 3.05) is 17.7 Å². The van der Waals surface area contributed by atoms with Crippen molar-refractivity contribution in [3.05, 3.63) is 59.0 Å². The van der Waals surface area contributed by atoms with E-state index in [2.05, 4.69) is 25.3 Å². The molecule has 0 saturated heterocycles. The second-order valence-electron chi connectivity index (χ2n) is 6.99. The maximum atomic E-state index is 14.2. The number of methoxy groups -OCH3 is 1. The van der Waals surface area contributed by atoms with Gasteiger partial charge in [-0.25, -0.2) is 14.2 Å². The fourth-order valence-electron chi connectivity index (χ4n) is 3.16. The molecule has 0 bridgehead atoms. The molecule has 1 atom stereocenters. The van der Waals surface area contributed by atoms with Gasteiger partial charge in [0.25, 0.3) is 0 Å². The highest BCUT2D eigenvalue weighted by Crippen LogP contribution is 2.34. The molecule has 1 aliphatic heterocycles. The second-order valence-corrected chi connectivity index (χ2v) is 7.40. The molecule has 13 heteroatoms. The van der Waals surface area contributed by atoms with Crippen LogP contribution in [0.5, 0.6) is 11.5 Å². The van der Waals surface area contributed by atoms with Crippen molar-refractivity contribution in [3.63, 3.8) is 0 Å². The van der Waals surface area contributed by atoms with E-state index in [0.29, 0.717) is 17.9 Å². The quantitative estimate of drug-likeness (QED) is 0.357. The van der Waals surface area contributed by atoms with E-state index in [-0.39, 0.29) is 22.5 Å². The van der Waals surface area contributed by atoms with Gasteiger partial charge in [0.2, 0.25) is 5.95 Å². The van der Waals surface area contributed by atoms with E-state index in [4.69, 9.17) is 21.1 Å². The van der Waals surface area contributed by atoms with Crippen LogP contribution in [0.3, 0.4) is 0 Å². The van der Waals surface area contributed by atoms with Crippen molar-refractivity contribution in [1.29, 1.82) is 0 Å². The molecular weight excluding hydrogens is 484 g/mol. The van der Waals surface area contributed by atoms with Crippen LogP contribution in [0.4, 0.5) is 40.7 Å². The Labute approximate surface area is 194 Å². The molecule has 1 aliphatic rings. The Kier molecular flexibility index (Phi) is 6.33. The first kappa shape index (κ1) is 23.4. The van der Waals surface area contributed by atoms with Crippen molar-refractivity contribution in [3.8, 4) is 11.5 Å². The summed E-state index contributed by atoms with van der Waals surface area (Å²) in [7, 11) is 1.28. The van der Waals surface area contributed by atoms with Gasteiger partial charge in [-0.2, -0.15) is 4.98 Å². The smallest absolute Gasteiger partial charge is 0.478 e. The van der Waals surface area contributed by atoms with Crippen LogP contribution in [0.25, 0.3) is 0 Å². The molecule has 8 nitrogen and oxygen atoms in total. The summed E-state index contributed by atoms with van der Waals surface area (Å²) in [5.41, 5.74) is 1.49. The number of aromatic nitrogens is 2. The molecule has 4 rings (SSSR count). The van der Waals surface area contributed by atoms with E-state index in [1.54, 1.807) is 18.2 Å². The zero-order valence-corrected chi connectivity index (χ0v) is 18.0. The molecule has 2 N–H and O–H groups in total. The van der Waals surface area contributed by atoms with Gasteiger partial charge in [0, 0.05) is 23.4 Å². The van der Waals surface area contributed by atoms with E-state index in [1.807, 2.05) is 0 Å². The number of carbonyl (C=O) groups is 1. The van der Waals surface area contributed by atoms with Crippen LogP contribution in [0.15, 0.2) is 42.6 Å². The molecular formula is C21H15ClF4N4O4. The van der Waals surface area contributed by atoms with Crippen LogP contribution in [-0.4, -0.2) is 35.5 Å². The molecule has 0 amide bonds. The molecule has 2 heterocycles. The van der Waals surface area contributed by atoms with E-state index < -0.39 is 30.0 Å². The summed E-state index contributed by atoms with van der Waals surface area (Å²) in [5.74, 6) is -1.55. The SMILES string of the molecule is COC(=O)C1Cc2cc(Nc3ncc(F)c(Nc4ccc(OC(F)(F)F)c(Cl)c4)n3)ccc2O1. The number of rotatable bonds is 6. The Morgan fingerprint density at radius 2 is 1.91 bits per heavy atom. The van der Waals surface area contributed by atoms with Crippen molar-refractivity contribution >= 4 is 40.7 Å². The number of benzene rings is 2. The van der Waals surface area contributed by atoms with Crippen LogP contribution >= 0.6 is 11.6 Å². The summed E-state index contributed by atoms with van der Waals surface area (Å²) in [6.07, 6.45) is -4.39. The molecule has 0 spiro atoms. The summed E-state index contributed by atoms with van der Waals surface area (Å²) < 4.78 is 65.4. The zero-order valence-electron chi connectivity index (χ0n) is 17.2. The number of fused-ring (bicyclic) bond motifs is 1. The summed E-state index contributed by atoms with van der Waals surface area (Å²) in [6, 6.07) is 8.41. The number of carbonyl (C=O) groups excluding carboxylic acids is 1. The number of anilines is 4. The van der Waals surface area contributed by atoms with E-state index in [9.17, 15) is 22.4 Å². The number of nitrogens with zero attached hydrogens (tertiary/aromatic N) is 2. The summed E-state index contributed by atoms with van der Waals surface area (Å²) in [4.78, 5) is 19.6. The highest BCUT2D eigenvalue weighted by Gasteiger charge is 2.32. The van der Waals surface area contributed by atoms with E-state index in [0.717, 1.165) is 23.9 Å². The van der Waals surface area contributed by atoms with Crippen molar-refractivity contribution < 1.29 is 36.6 Å². The average Bonchev–Trinajstić information content (AvgIpc) is 3.20. The summed E-state index contributed by atoms with van der Waals surface area (Å²) in [6.45, 7) is 0. The van der Waals surface area contributed by atoms with Gasteiger partial charge < -0.3 is 24.8 Å². The predicted molar refractivity (Wildman–Crippen MR) is 113 cm³/mol. The summed E-state index contributed by atoms with van der Waals surface area (Å²) in [5, 5.41) is 5.22. The molecule has 0 saturated carbocycles. The number of halogens is 5. The van der Waals surface area contributed by atoms with E-state index >= 15 is 0 Å². The minimum absolute atomic E-state index is 0.0374. The van der Waals surface area contributed by atoms with Gasteiger partial charge in [-0.15, -0.1) is 13.2 Å². The van der Waals surface area contributed by atoms with Gasteiger partial charge >= 0.3 is 12.3 Å². The zero-order chi connectivity index (χ0) is 24.5. The molecule has 178 valence electrons. The first-order valence-electron chi connectivity index (χ1n) is 9.60. The predicted octanol–water partition coefficient (Wildman–Crippen LogP) is 5.13. The lowest BCUT2D eigenvalue weighted by atomic mass is 10.1. The highest BCUT2D eigenvalue weighted by atomic mass is 35.5. The third-order valence-electron chi connectivity index (χ3n) is 4.62. The molecule has 0 aliphatic carbocycles. The number of alkyl halides is 3. The highest BCUT2D eigenvalue weighted by molar-refractivity contribution is 6.32. The Bertz CT molecular complexity index is 1240. The number of esters is 1. The molecule has 3 aromatic rings. The molecule has 34 heavy (non-hydrogen) atoms. The fraction of sp³-hybridized carbons (Fsp3) is 0.190. The molecule has 1 unspecified atom stereocenters. The largest absolute Gasteiger partial charge is 0.573 e. The number of ether oxygens (including phenoxy) is 3. The Hall–Kier alpha value is -3.80. The average molecular weight is 499 g/mol. The number of hydrogen-bond donors (Lipinski definition) is 2. The first-order chi connectivity index (χ1) is 16.1. The molecule has 1 aromatic heterocycles. The number of hydrogen-bond acceptors (Lipinski definition) is 8. The van der Waals surface area contributed by atoms with E-state index in [1.165, 1.54) is 13.2 Å². The topological polar surface area (TPSA) is 94.6 Å². The lowest BCUT2D eigenvalue weighted by Crippen LogP contribution is -2.26. The summed E-state index contributed by atoms with van der Waals surface area (Å²) >= 11 is 5.82. The van der Waals surface area contributed by atoms with Crippen molar-refractivity contribution in [2.24, 2.45) is 0 Å². The first-order valence-corrected chi connectivity index (χ1v) is 9.98. The van der Waals surface area contributed by atoms with Crippen LogP contribution < -0.4 is 20.1 Å². The van der Waals surface area contributed by atoms with Crippen LogP contribution in [-0.2, 0) is 16.0 Å². The van der Waals surface area contributed by atoms with Gasteiger partial charge in [0.1, 0.15) is 11.5 Å². The normalized spacial score (nSPS) is 14.7. The van der Waals surface area contributed by atoms with Crippen LogP contribution in [0, 0.1) is 5.82 Å². The monoisotopic (exact) mass is 498 g/mol. The Balaban J connectivity index is 1.48. The van der Waals surface area contributed by atoms with Crippen molar-refractivity contribution in [2.45, 2.75) is 18.9 Å². The molecule has 0 fully saturated rings. The van der Waals surface area contributed by atoms with Gasteiger partial charge in [-0.05, 0) is 36.4 Å². The minimum Gasteiger partial charge on any atom is -0.478 e. The molecule has 2 aromatic carbocycles. The maximum absolute atomic E-state index is 14.2. The third-order valence-corrected chi connectivity index (χ3v) is 4.92. The van der Waals surface area contributed by atoms with Gasteiger partial charge in [-0.1, -0.05) is 11.6 Å². The lowest BCUT2D eigenvalue weighted by molar-refractivity contribution is -0.274. The molecule has 0 radical (unpaired) electrons. The second kappa shape index (κ2) is 9.21. The lowest BCUT2D eigenvalue weighted by Gasteiger charge is -2.13. The number of nitrogens with one attached hydrogen (secondary N) is 2. The fourth-order valence-corrected chi connectivity index (χ4v) is 3.38. The van der Waals surface area contributed by atoms with Crippen LogP contribution in [0.1, 0.15) is 5.56 Å². The maximum Gasteiger partial charge on any atom is 0.573 e. The van der Waals surface area contributed by atoms with Crippen molar-refractivity contribution in [1.82, 2.24) is 9.97 Å².